The minimum atomic E-state index is -5.47. The number of carbonyl (C=O) groups excluding carboxylic acids is 2. The molecule has 0 saturated carbocycles. The molecule has 0 spiro atoms. The van der Waals surface area contributed by atoms with Crippen LogP contribution in [-0.4, -0.2) is 108 Å². The van der Waals surface area contributed by atoms with Gasteiger partial charge in [0.05, 0.1) is 25.4 Å². The maximum Gasteiger partial charge on any atom is 0.481 e. The van der Waals surface area contributed by atoms with Crippen molar-refractivity contribution in [3.05, 3.63) is 95.7 Å². The number of phosphoric ester groups is 2. The van der Waals surface area contributed by atoms with E-state index in [1.165, 1.54) is 51.0 Å². The van der Waals surface area contributed by atoms with E-state index < -0.39 is 95.9 Å². The summed E-state index contributed by atoms with van der Waals surface area (Å²) < 4.78 is 56.6. The van der Waals surface area contributed by atoms with E-state index in [-0.39, 0.29) is 18.7 Å². The van der Waals surface area contributed by atoms with E-state index in [4.69, 9.17) is 29.0 Å². The molecule has 1 aromatic heterocycles. The van der Waals surface area contributed by atoms with Crippen molar-refractivity contribution < 1.29 is 76.5 Å². The summed E-state index contributed by atoms with van der Waals surface area (Å²) in [4.78, 5) is 61.9. The Labute approximate surface area is 430 Å². The molecule has 1 aromatic rings. The molecule has 9 atom stereocenters. The molecule has 1 saturated heterocycles. The standard InChI is InChI=1S/C51H83N3O17P2/c1-4-5-21-29-41(55)30-23-17-13-11-14-18-24-31-42(56)32-25-20-27-33-46(57)66-37-43(69-47(58)34-26-19-15-10-8-6-7-9-12-16-22-28-40(2)3)38-67-72(62,63)71-73(64,65)68-39-44-48(59)49(60)50(70-44)54-36-35-45(52)53-51(54)61/h5,13-14,17-18,21,23-25,30-32,35-36,40-44,48-50,55-56,59-60H,4,6-12,15-16,19-20,22,26-29,33-34,37-39H2,1-3H3,(H,62,63)(H,64,65)(H2,52,53,61)/b17-13-,18-14-,21-5-,30-23+,31-24+,32-25-/t41-,42-,43-,44-,48-,49-,50-/m1/s1. The van der Waals surface area contributed by atoms with Crippen LogP contribution >= 0.6 is 15.6 Å². The molecule has 414 valence electrons. The number of nitrogens with zero attached hydrogens (tertiary/aromatic N) is 2. The maximum atomic E-state index is 12.9. The zero-order valence-electron chi connectivity index (χ0n) is 42.8. The van der Waals surface area contributed by atoms with E-state index in [0.29, 0.717) is 32.1 Å². The Hall–Kier alpha value is -3.88. The van der Waals surface area contributed by atoms with Crippen molar-refractivity contribution in [1.29, 1.82) is 0 Å². The monoisotopic (exact) mass is 1070 g/mol. The Balaban J connectivity index is 1.86. The fourth-order valence-electron chi connectivity index (χ4n) is 7.18. The minimum absolute atomic E-state index is 0.00494. The molecule has 0 radical (unpaired) electrons. The summed E-state index contributed by atoms with van der Waals surface area (Å²) >= 11 is 0. The SMILES string of the molecule is CC/C=C\C[C@@H](O)/C=C/C=C\C/C=C\C=C\[C@@H](O)/C=C\CCCC(=O)OC[C@H](COP(=O)(O)OP(=O)(O)OC[C@H]1O[C@@H](n2ccc(N)nc2=O)[C@H](O)[C@@H]1O)OC(=O)CCCCCCCCCCCCCC(C)C. The number of nitrogens with two attached hydrogens (primary N) is 1. The van der Waals surface area contributed by atoms with Crippen LogP contribution in [0.4, 0.5) is 5.82 Å². The quantitative estimate of drug-likeness (QED) is 0.0107. The Morgan fingerprint density at radius 1 is 0.781 bits per heavy atom. The first-order chi connectivity index (χ1) is 34.8. The summed E-state index contributed by atoms with van der Waals surface area (Å²) in [5.41, 5.74) is 4.57. The number of rotatable bonds is 40. The van der Waals surface area contributed by atoms with Gasteiger partial charge in [0.15, 0.2) is 12.3 Å². The van der Waals surface area contributed by atoms with Gasteiger partial charge in [0.25, 0.3) is 0 Å². The fourth-order valence-corrected chi connectivity index (χ4v) is 9.29. The Morgan fingerprint density at radius 2 is 1.40 bits per heavy atom. The van der Waals surface area contributed by atoms with E-state index in [1.54, 1.807) is 42.5 Å². The smallest absolute Gasteiger partial charge is 0.462 e. The first-order valence-electron chi connectivity index (χ1n) is 25.5. The van der Waals surface area contributed by atoms with Gasteiger partial charge < -0.3 is 50.2 Å². The van der Waals surface area contributed by atoms with E-state index in [9.17, 15) is 53.7 Å². The van der Waals surface area contributed by atoms with Gasteiger partial charge in [0.2, 0.25) is 0 Å². The number of anilines is 1. The summed E-state index contributed by atoms with van der Waals surface area (Å²) in [6.45, 7) is 4.05. The lowest BCUT2D eigenvalue weighted by molar-refractivity contribution is -0.161. The van der Waals surface area contributed by atoms with E-state index >= 15 is 0 Å². The Bertz CT molecular complexity index is 2060. The van der Waals surface area contributed by atoms with Gasteiger partial charge in [-0.3, -0.25) is 23.2 Å². The van der Waals surface area contributed by atoms with Crippen LogP contribution < -0.4 is 11.4 Å². The van der Waals surface area contributed by atoms with Crippen molar-refractivity contribution in [2.24, 2.45) is 5.92 Å². The molecule has 8 N–H and O–H groups in total. The first-order valence-corrected chi connectivity index (χ1v) is 28.5. The van der Waals surface area contributed by atoms with Gasteiger partial charge in [0, 0.05) is 19.0 Å². The molecular formula is C51H83N3O17P2. The highest BCUT2D eigenvalue weighted by molar-refractivity contribution is 7.61. The molecule has 22 heteroatoms. The van der Waals surface area contributed by atoms with Gasteiger partial charge in [-0.25, -0.2) is 13.9 Å². The van der Waals surface area contributed by atoms with Crippen LogP contribution in [0.15, 0.2) is 90.0 Å². The molecule has 1 aliphatic rings. The number of hydrogen-bond acceptors (Lipinski definition) is 17. The zero-order valence-corrected chi connectivity index (χ0v) is 44.6. The van der Waals surface area contributed by atoms with Crippen LogP contribution in [0, 0.1) is 5.92 Å². The van der Waals surface area contributed by atoms with Crippen molar-refractivity contribution >= 4 is 33.4 Å². The summed E-state index contributed by atoms with van der Waals surface area (Å²) in [6.07, 6.45) is 29.3. The van der Waals surface area contributed by atoms with Crippen LogP contribution in [0.25, 0.3) is 0 Å². The zero-order chi connectivity index (χ0) is 53.9. The maximum absolute atomic E-state index is 12.9. The van der Waals surface area contributed by atoms with Gasteiger partial charge in [0.1, 0.15) is 30.7 Å². The largest absolute Gasteiger partial charge is 0.481 e. The number of aromatic nitrogens is 2. The number of ether oxygens (including phenoxy) is 3. The van der Waals surface area contributed by atoms with Gasteiger partial charge >= 0.3 is 33.3 Å². The molecule has 73 heavy (non-hydrogen) atoms. The third-order valence-electron chi connectivity index (χ3n) is 11.2. The van der Waals surface area contributed by atoms with E-state index in [2.05, 4.69) is 23.1 Å². The topological polar surface area (TPSA) is 306 Å². The summed E-state index contributed by atoms with van der Waals surface area (Å²) in [5, 5.41) is 41.0. The second-order valence-corrected chi connectivity index (χ2v) is 21.2. The predicted octanol–water partition coefficient (Wildman–Crippen LogP) is 8.30. The summed E-state index contributed by atoms with van der Waals surface area (Å²) in [5.74, 6) is -0.750. The number of esters is 2. The summed E-state index contributed by atoms with van der Waals surface area (Å²) in [7, 11) is -10.9. The molecule has 20 nitrogen and oxygen atoms in total. The third kappa shape index (κ3) is 31.6. The Kier molecular flexibility index (Phi) is 33.8. The highest BCUT2D eigenvalue weighted by Gasteiger charge is 2.46. The number of allylic oxidation sites excluding steroid dienone is 8. The molecule has 0 amide bonds. The van der Waals surface area contributed by atoms with Crippen LogP contribution in [0.1, 0.15) is 149 Å². The van der Waals surface area contributed by atoms with Crippen LogP contribution in [-0.2, 0) is 46.3 Å². The number of aliphatic hydroxyl groups is 4. The molecule has 1 aliphatic heterocycles. The molecule has 1 fully saturated rings. The lowest BCUT2D eigenvalue weighted by Gasteiger charge is -2.21. The first kappa shape index (κ1) is 65.2. The molecule has 2 rings (SSSR count). The van der Waals surface area contributed by atoms with Crippen LogP contribution in [0.2, 0.25) is 0 Å². The number of nitrogen functional groups attached to an aromatic ring is 1. The highest BCUT2D eigenvalue weighted by Crippen LogP contribution is 2.60. The lowest BCUT2D eigenvalue weighted by atomic mass is 10.0. The lowest BCUT2D eigenvalue weighted by Crippen LogP contribution is -2.36. The van der Waals surface area contributed by atoms with E-state index in [0.717, 1.165) is 48.8 Å². The van der Waals surface area contributed by atoms with Gasteiger partial charge in [-0.2, -0.15) is 9.29 Å². The second kappa shape index (κ2) is 37.8. The molecule has 0 aromatic carbocycles. The molecule has 0 bridgehead atoms. The number of hydrogen-bond donors (Lipinski definition) is 7. The van der Waals surface area contributed by atoms with Crippen molar-refractivity contribution in [1.82, 2.24) is 9.55 Å². The fraction of sp³-hybridized carbons (Fsp3) is 0.647. The number of aliphatic hydroxyl groups excluding tert-OH is 4. The van der Waals surface area contributed by atoms with Gasteiger partial charge in [-0.15, -0.1) is 0 Å². The van der Waals surface area contributed by atoms with Crippen molar-refractivity contribution in [3.63, 3.8) is 0 Å². The molecule has 0 aliphatic carbocycles. The number of carbonyl (C=O) groups is 2. The molecule has 2 heterocycles. The van der Waals surface area contributed by atoms with Gasteiger partial charge in [-0.05, 0) is 50.5 Å². The van der Waals surface area contributed by atoms with Crippen molar-refractivity contribution in [2.75, 3.05) is 25.6 Å². The van der Waals surface area contributed by atoms with Crippen molar-refractivity contribution in [3.8, 4) is 0 Å². The third-order valence-corrected chi connectivity index (χ3v) is 13.8. The van der Waals surface area contributed by atoms with Crippen molar-refractivity contribution in [2.45, 2.75) is 186 Å². The molecule has 2 unspecified atom stereocenters. The van der Waals surface area contributed by atoms with Crippen LogP contribution in [0.5, 0.6) is 0 Å². The Morgan fingerprint density at radius 3 is 2.04 bits per heavy atom. The predicted molar refractivity (Wildman–Crippen MR) is 277 cm³/mol. The normalized spacial score (nSPS) is 20.5. The van der Waals surface area contributed by atoms with E-state index in [1.807, 2.05) is 37.3 Å². The highest BCUT2D eigenvalue weighted by atomic mass is 31.3. The van der Waals surface area contributed by atoms with Crippen LogP contribution in [0.3, 0.4) is 0 Å². The van der Waals surface area contributed by atoms with Gasteiger partial charge in [-0.1, -0.05) is 164 Å². The molecular weight excluding hydrogens is 989 g/mol. The minimum Gasteiger partial charge on any atom is -0.462 e. The number of unbranched alkanes of at least 4 members (excludes halogenated alkanes) is 11. The summed E-state index contributed by atoms with van der Waals surface area (Å²) in [6, 6.07) is 1.23. The second-order valence-electron chi connectivity index (χ2n) is 18.2. The average Bonchev–Trinajstić information content (AvgIpc) is 3.60. The average molecular weight is 1070 g/mol. The number of phosphoric acid groups is 2.